The van der Waals surface area contributed by atoms with Crippen LogP contribution in [0.15, 0.2) is 24.3 Å². The zero-order valence-electron chi connectivity index (χ0n) is 21.6. The van der Waals surface area contributed by atoms with Crippen LogP contribution in [0.25, 0.3) is 0 Å². The minimum atomic E-state index is -0.452. The van der Waals surface area contributed by atoms with Crippen LogP contribution in [0.5, 0.6) is 23.0 Å². The molecule has 1 atom stereocenters. The van der Waals surface area contributed by atoms with Crippen LogP contribution in [0.1, 0.15) is 91.6 Å². The number of fused-ring (bicyclic) bond motifs is 1. The van der Waals surface area contributed by atoms with Gasteiger partial charge in [0.1, 0.15) is 23.0 Å². The summed E-state index contributed by atoms with van der Waals surface area (Å²) in [5.74, 6) is 1.46. The van der Waals surface area contributed by atoms with Crippen molar-refractivity contribution < 1.29 is 33.7 Å². The Kier molecular flexibility index (Phi) is 9.51. The number of aromatic hydroxyl groups is 1. The summed E-state index contributed by atoms with van der Waals surface area (Å²) in [7, 11) is 0. The third-order valence-electron chi connectivity index (χ3n) is 6.36. The molecule has 0 saturated carbocycles. The minimum Gasteiger partial charge on any atom is -0.507 e. The van der Waals surface area contributed by atoms with Crippen molar-refractivity contribution in [3.63, 3.8) is 0 Å². The molecule has 0 amide bonds. The van der Waals surface area contributed by atoms with Gasteiger partial charge in [-0.2, -0.15) is 0 Å². The van der Waals surface area contributed by atoms with Crippen LogP contribution in [-0.2, 0) is 17.6 Å². The lowest BCUT2D eigenvalue weighted by atomic mass is 9.97. The molecule has 1 aliphatic heterocycles. The van der Waals surface area contributed by atoms with Crippen molar-refractivity contribution in [2.45, 2.75) is 78.7 Å². The number of hydrogen-bond acceptors (Lipinski definition) is 7. The fourth-order valence-electron chi connectivity index (χ4n) is 4.36. The van der Waals surface area contributed by atoms with Crippen LogP contribution < -0.4 is 14.2 Å². The summed E-state index contributed by atoms with van der Waals surface area (Å²) in [5.41, 5.74) is 2.44. The molecule has 1 N–H and O–H groups in total. The second-order valence-corrected chi connectivity index (χ2v) is 9.27. The Bertz CT molecular complexity index is 1120. The quantitative estimate of drug-likeness (QED) is 0.282. The van der Waals surface area contributed by atoms with E-state index in [0.29, 0.717) is 66.4 Å². The molecular formula is C29H36O7. The van der Waals surface area contributed by atoms with Crippen molar-refractivity contribution in [2.75, 3.05) is 13.2 Å². The number of unbranched alkanes of at least 4 members (excludes halogenated alkanes) is 2. The summed E-state index contributed by atoms with van der Waals surface area (Å²) in [6.45, 7) is 7.40. The van der Waals surface area contributed by atoms with Gasteiger partial charge < -0.3 is 19.3 Å². The van der Waals surface area contributed by atoms with Crippen LogP contribution in [0.4, 0.5) is 0 Å². The summed E-state index contributed by atoms with van der Waals surface area (Å²) < 4.78 is 17.7. The van der Waals surface area contributed by atoms with Gasteiger partial charge in [-0.25, -0.2) is 0 Å². The van der Waals surface area contributed by atoms with E-state index in [1.807, 2.05) is 13.0 Å². The third kappa shape index (κ3) is 6.65. The van der Waals surface area contributed by atoms with Gasteiger partial charge in [-0.05, 0) is 83.1 Å². The Morgan fingerprint density at radius 2 is 1.61 bits per heavy atom. The fraction of sp³-hybridized carbons (Fsp3) is 0.483. The van der Waals surface area contributed by atoms with Crippen molar-refractivity contribution in [1.82, 2.24) is 0 Å². The number of ketones is 3. The molecule has 0 bridgehead atoms. The van der Waals surface area contributed by atoms with Gasteiger partial charge in [0, 0.05) is 11.6 Å². The Labute approximate surface area is 212 Å². The van der Waals surface area contributed by atoms with Crippen LogP contribution >= 0.6 is 0 Å². The Hall–Kier alpha value is -3.35. The van der Waals surface area contributed by atoms with E-state index in [1.54, 1.807) is 18.2 Å². The van der Waals surface area contributed by atoms with Gasteiger partial charge in [-0.15, -0.1) is 0 Å². The molecule has 36 heavy (non-hydrogen) atoms. The van der Waals surface area contributed by atoms with Crippen molar-refractivity contribution in [2.24, 2.45) is 0 Å². The molecule has 0 saturated heterocycles. The maximum absolute atomic E-state index is 12.2. The largest absolute Gasteiger partial charge is 0.507 e. The summed E-state index contributed by atoms with van der Waals surface area (Å²) >= 11 is 0. The second-order valence-electron chi connectivity index (χ2n) is 9.27. The molecular weight excluding hydrogens is 460 g/mol. The van der Waals surface area contributed by atoms with Crippen molar-refractivity contribution in [1.29, 1.82) is 0 Å². The van der Waals surface area contributed by atoms with Crippen LogP contribution in [0.3, 0.4) is 0 Å². The van der Waals surface area contributed by atoms with E-state index < -0.39 is 6.10 Å². The number of phenolic OH excluding ortho intramolecular Hbond substituents is 1. The maximum atomic E-state index is 12.2. The van der Waals surface area contributed by atoms with E-state index in [-0.39, 0.29) is 23.1 Å². The Morgan fingerprint density at radius 1 is 0.944 bits per heavy atom. The molecule has 0 aliphatic carbocycles. The maximum Gasteiger partial charge on any atom is 0.170 e. The number of ether oxygens (including phenoxy) is 3. The number of phenols is 1. The highest BCUT2D eigenvalue weighted by Gasteiger charge is 2.25. The summed E-state index contributed by atoms with van der Waals surface area (Å²) in [6.07, 6.45) is 4.72. The number of Topliss-reactive ketones (excluding diaryl/α,β-unsaturated/α-hetero) is 3. The smallest absolute Gasteiger partial charge is 0.170 e. The molecule has 2 aromatic carbocycles. The van der Waals surface area contributed by atoms with E-state index in [9.17, 15) is 19.5 Å². The number of aryl methyl sites for hydroxylation is 1. The highest BCUT2D eigenvalue weighted by molar-refractivity contribution is 5.98. The zero-order chi connectivity index (χ0) is 26.2. The van der Waals surface area contributed by atoms with Gasteiger partial charge in [0.05, 0.1) is 24.3 Å². The molecule has 7 nitrogen and oxygen atoms in total. The standard InChI is InChI=1S/C29H36O7/c1-5-9-23-26(13-11-22(18(2)30)29(23)33)34-14-7-6-8-15-35-28-17-27-21(16-24(28)19(3)31)10-12-25(36-27)20(4)32/h11,13,16-17,25,33H,5-10,12,14-15H2,1-4H3. The van der Waals surface area contributed by atoms with Crippen LogP contribution in [-0.4, -0.2) is 41.8 Å². The molecule has 3 rings (SSSR count). The molecule has 1 aliphatic rings. The van der Waals surface area contributed by atoms with Crippen molar-refractivity contribution in [3.05, 3.63) is 46.5 Å². The Morgan fingerprint density at radius 3 is 2.22 bits per heavy atom. The lowest BCUT2D eigenvalue weighted by Gasteiger charge is -2.25. The van der Waals surface area contributed by atoms with Gasteiger partial charge in [0.15, 0.2) is 23.5 Å². The van der Waals surface area contributed by atoms with E-state index >= 15 is 0 Å². The fourth-order valence-corrected chi connectivity index (χ4v) is 4.36. The molecule has 7 heteroatoms. The predicted octanol–water partition coefficient (Wildman–Crippen LogP) is 5.66. The molecule has 2 aromatic rings. The van der Waals surface area contributed by atoms with Crippen LogP contribution in [0, 0.1) is 0 Å². The number of rotatable bonds is 13. The monoisotopic (exact) mass is 496 g/mol. The van der Waals surface area contributed by atoms with E-state index in [2.05, 4.69) is 0 Å². The van der Waals surface area contributed by atoms with E-state index in [4.69, 9.17) is 14.2 Å². The molecule has 0 aromatic heterocycles. The lowest BCUT2D eigenvalue weighted by molar-refractivity contribution is -0.124. The summed E-state index contributed by atoms with van der Waals surface area (Å²) in [6, 6.07) is 6.91. The first-order chi connectivity index (χ1) is 17.2. The van der Waals surface area contributed by atoms with Gasteiger partial charge in [0.25, 0.3) is 0 Å². The van der Waals surface area contributed by atoms with Gasteiger partial charge in [-0.1, -0.05) is 13.3 Å². The summed E-state index contributed by atoms with van der Waals surface area (Å²) in [5, 5.41) is 10.5. The first-order valence-electron chi connectivity index (χ1n) is 12.7. The SMILES string of the molecule is CCCc1c(OCCCCCOc2cc3c(cc2C(C)=O)CCC(C(C)=O)O3)ccc(C(C)=O)c1O. The van der Waals surface area contributed by atoms with Crippen molar-refractivity contribution >= 4 is 17.3 Å². The second kappa shape index (κ2) is 12.6. The van der Waals surface area contributed by atoms with Gasteiger partial charge >= 0.3 is 0 Å². The normalized spacial score (nSPS) is 14.5. The topological polar surface area (TPSA) is 99.1 Å². The predicted molar refractivity (Wildman–Crippen MR) is 137 cm³/mol. The average Bonchev–Trinajstić information content (AvgIpc) is 2.84. The average molecular weight is 497 g/mol. The zero-order valence-corrected chi connectivity index (χ0v) is 21.6. The van der Waals surface area contributed by atoms with Crippen LogP contribution in [0.2, 0.25) is 0 Å². The summed E-state index contributed by atoms with van der Waals surface area (Å²) in [4.78, 5) is 35.6. The minimum absolute atomic E-state index is 0.00666. The number of hydrogen-bond donors (Lipinski definition) is 1. The van der Waals surface area contributed by atoms with E-state index in [0.717, 1.165) is 31.2 Å². The molecule has 1 unspecified atom stereocenters. The molecule has 0 fully saturated rings. The number of carbonyl (C=O) groups excluding carboxylic acids is 3. The lowest BCUT2D eigenvalue weighted by Crippen LogP contribution is -2.29. The highest BCUT2D eigenvalue weighted by Crippen LogP contribution is 2.35. The van der Waals surface area contributed by atoms with E-state index in [1.165, 1.54) is 20.8 Å². The first kappa shape index (κ1) is 27.2. The van der Waals surface area contributed by atoms with Crippen molar-refractivity contribution in [3.8, 4) is 23.0 Å². The molecule has 194 valence electrons. The van der Waals surface area contributed by atoms with Gasteiger partial charge in [-0.3, -0.25) is 14.4 Å². The number of benzene rings is 2. The van der Waals surface area contributed by atoms with Gasteiger partial charge in [0.2, 0.25) is 0 Å². The Balaban J connectivity index is 1.51. The molecule has 0 radical (unpaired) electrons. The third-order valence-corrected chi connectivity index (χ3v) is 6.36. The molecule has 0 spiro atoms. The molecule has 1 heterocycles. The number of carbonyl (C=O) groups is 3. The first-order valence-corrected chi connectivity index (χ1v) is 12.7. The highest BCUT2D eigenvalue weighted by atomic mass is 16.5.